The number of carbonyl (C=O) groups excluding carboxylic acids is 1. The lowest BCUT2D eigenvalue weighted by atomic mass is 9.97. The lowest BCUT2D eigenvalue weighted by Crippen LogP contribution is -2.44. The molecule has 9 heteroatoms. The van der Waals surface area contributed by atoms with Gasteiger partial charge in [-0.2, -0.15) is 9.29 Å². The number of aromatic nitrogens is 2. The maximum absolute atomic E-state index is 13.1. The van der Waals surface area contributed by atoms with Crippen LogP contribution in [0.15, 0.2) is 33.7 Å². The fourth-order valence-electron chi connectivity index (χ4n) is 4.52. The Bertz CT molecular complexity index is 1030. The third-order valence-corrected chi connectivity index (χ3v) is 8.56. The van der Waals surface area contributed by atoms with Crippen molar-refractivity contribution in [2.75, 3.05) is 13.1 Å². The van der Waals surface area contributed by atoms with Crippen LogP contribution >= 0.6 is 0 Å². The monoisotopic (exact) mass is 444 g/mol. The third kappa shape index (κ3) is 4.39. The van der Waals surface area contributed by atoms with E-state index in [0.29, 0.717) is 49.6 Å². The minimum atomic E-state index is -3.59. The summed E-state index contributed by atoms with van der Waals surface area (Å²) >= 11 is 0. The first-order valence-corrected chi connectivity index (χ1v) is 12.7. The van der Waals surface area contributed by atoms with Crippen molar-refractivity contribution in [1.82, 2.24) is 19.8 Å². The Morgan fingerprint density at radius 2 is 1.68 bits per heavy atom. The highest BCUT2D eigenvalue weighted by Crippen LogP contribution is 2.39. The first-order valence-electron chi connectivity index (χ1n) is 11.3. The number of sulfonamides is 1. The summed E-state index contributed by atoms with van der Waals surface area (Å²) in [5, 5.41) is 7.15. The number of amides is 1. The van der Waals surface area contributed by atoms with Crippen molar-refractivity contribution >= 4 is 15.9 Å². The molecule has 3 fully saturated rings. The lowest BCUT2D eigenvalue weighted by Gasteiger charge is -2.31. The number of nitrogens with one attached hydrogen (secondary N) is 1. The summed E-state index contributed by atoms with van der Waals surface area (Å²) in [5.41, 5.74) is 0.733. The molecular weight excluding hydrogens is 416 g/mol. The van der Waals surface area contributed by atoms with Gasteiger partial charge >= 0.3 is 0 Å². The molecule has 2 heterocycles. The summed E-state index contributed by atoms with van der Waals surface area (Å²) in [4.78, 5) is 17.2. The topological polar surface area (TPSA) is 105 Å². The quantitative estimate of drug-likeness (QED) is 0.734. The Hall–Kier alpha value is -2.26. The standard InChI is InChI=1S/C22H28N4O4S/c27-21(23-18-3-1-2-4-18)16-11-13-26(14-12-16)31(28,29)19-9-7-15(8-10-19)20-24-22(30-25-20)17-5-6-17/h7-10,16-18H,1-6,11-14H2,(H,23,27). The molecule has 8 nitrogen and oxygen atoms in total. The van der Waals surface area contributed by atoms with E-state index in [1.165, 1.54) is 17.1 Å². The van der Waals surface area contributed by atoms with Crippen molar-refractivity contribution < 1.29 is 17.7 Å². The largest absolute Gasteiger partial charge is 0.353 e. The van der Waals surface area contributed by atoms with E-state index >= 15 is 0 Å². The van der Waals surface area contributed by atoms with Crippen LogP contribution in [-0.2, 0) is 14.8 Å². The number of hydrogen-bond donors (Lipinski definition) is 1. The van der Waals surface area contributed by atoms with Gasteiger partial charge in [0.15, 0.2) is 0 Å². The van der Waals surface area contributed by atoms with E-state index in [0.717, 1.165) is 31.2 Å². The van der Waals surface area contributed by atoms with Gasteiger partial charge in [0.1, 0.15) is 0 Å². The van der Waals surface area contributed by atoms with Crippen LogP contribution in [0.3, 0.4) is 0 Å². The van der Waals surface area contributed by atoms with Gasteiger partial charge in [0.2, 0.25) is 27.6 Å². The number of hydrogen-bond acceptors (Lipinski definition) is 6. The molecular formula is C22H28N4O4S. The molecule has 2 aliphatic carbocycles. The second-order valence-corrected chi connectivity index (χ2v) is 10.9. The molecule has 0 radical (unpaired) electrons. The van der Waals surface area contributed by atoms with E-state index < -0.39 is 10.0 Å². The molecule has 1 saturated heterocycles. The second-order valence-electron chi connectivity index (χ2n) is 8.92. The highest BCUT2D eigenvalue weighted by atomic mass is 32.2. The molecule has 0 atom stereocenters. The number of carbonyl (C=O) groups is 1. The Morgan fingerprint density at radius 1 is 1.00 bits per heavy atom. The van der Waals surface area contributed by atoms with Crippen LogP contribution in [0.2, 0.25) is 0 Å². The van der Waals surface area contributed by atoms with E-state index in [9.17, 15) is 13.2 Å². The molecule has 1 N–H and O–H groups in total. The smallest absolute Gasteiger partial charge is 0.243 e. The van der Waals surface area contributed by atoms with Gasteiger partial charge in [0.05, 0.1) is 4.90 Å². The van der Waals surface area contributed by atoms with Crippen molar-refractivity contribution in [3.63, 3.8) is 0 Å². The second kappa shape index (κ2) is 8.35. The van der Waals surface area contributed by atoms with Gasteiger partial charge in [0.25, 0.3) is 0 Å². The van der Waals surface area contributed by atoms with Crippen molar-refractivity contribution in [3.8, 4) is 11.4 Å². The van der Waals surface area contributed by atoms with E-state index in [2.05, 4.69) is 15.5 Å². The average Bonchev–Trinajstić information content (AvgIpc) is 3.29. The van der Waals surface area contributed by atoms with Crippen LogP contribution in [0.1, 0.15) is 63.2 Å². The van der Waals surface area contributed by atoms with Gasteiger partial charge in [0, 0.05) is 36.5 Å². The summed E-state index contributed by atoms with van der Waals surface area (Å²) in [6, 6.07) is 6.92. The van der Waals surface area contributed by atoms with Crippen molar-refractivity contribution in [2.24, 2.45) is 5.92 Å². The molecule has 1 aromatic carbocycles. The summed E-state index contributed by atoms with van der Waals surface area (Å²) in [6.07, 6.45) is 7.74. The predicted octanol–water partition coefficient (Wildman–Crippen LogP) is 3.07. The van der Waals surface area contributed by atoms with Crippen molar-refractivity contribution in [1.29, 1.82) is 0 Å². The Labute approximate surface area is 182 Å². The molecule has 1 amide bonds. The molecule has 0 unspecified atom stereocenters. The number of piperidine rings is 1. The first-order chi connectivity index (χ1) is 15.0. The van der Waals surface area contributed by atoms with Crippen LogP contribution in [-0.4, -0.2) is 47.9 Å². The van der Waals surface area contributed by atoms with Gasteiger partial charge in [-0.25, -0.2) is 8.42 Å². The Kier molecular flexibility index (Phi) is 5.56. The molecule has 5 rings (SSSR count). The van der Waals surface area contributed by atoms with E-state index in [1.807, 2.05) is 0 Å². The van der Waals surface area contributed by atoms with Crippen molar-refractivity contribution in [3.05, 3.63) is 30.2 Å². The Morgan fingerprint density at radius 3 is 2.32 bits per heavy atom. The lowest BCUT2D eigenvalue weighted by molar-refractivity contribution is -0.126. The summed E-state index contributed by atoms with van der Waals surface area (Å²) in [6.45, 7) is 0.727. The molecule has 0 bridgehead atoms. The van der Waals surface area contributed by atoms with Crippen LogP contribution in [0.5, 0.6) is 0 Å². The van der Waals surface area contributed by atoms with Gasteiger partial charge in [-0.15, -0.1) is 0 Å². The van der Waals surface area contributed by atoms with Gasteiger partial charge in [-0.3, -0.25) is 4.79 Å². The van der Waals surface area contributed by atoms with Gasteiger partial charge in [-0.05, 0) is 62.8 Å². The summed E-state index contributed by atoms with van der Waals surface area (Å²) < 4.78 is 32.9. The molecule has 2 aromatic rings. The molecule has 166 valence electrons. The molecule has 3 aliphatic rings. The van der Waals surface area contributed by atoms with Gasteiger partial charge in [-0.1, -0.05) is 18.0 Å². The van der Waals surface area contributed by atoms with E-state index in [4.69, 9.17) is 4.52 Å². The molecule has 2 saturated carbocycles. The van der Waals surface area contributed by atoms with E-state index in [-0.39, 0.29) is 16.7 Å². The molecule has 1 aliphatic heterocycles. The zero-order valence-corrected chi connectivity index (χ0v) is 18.3. The number of nitrogens with zero attached hydrogens (tertiary/aromatic N) is 3. The predicted molar refractivity (Wildman–Crippen MR) is 114 cm³/mol. The van der Waals surface area contributed by atoms with Crippen LogP contribution in [0.4, 0.5) is 0 Å². The molecule has 0 spiro atoms. The van der Waals surface area contributed by atoms with Crippen molar-refractivity contribution in [2.45, 2.75) is 68.2 Å². The third-order valence-electron chi connectivity index (χ3n) is 6.64. The number of benzene rings is 1. The van der Waals surface area contributed by atoms with Crippen LogP contribution in [0, 0.1) is 5.92 Å². The number of rotatable bonds is 6. The Balaban J connectivity index is 1.20. The summed E-state index contributed by atoms with van der Waals surface area (Å²) in [7, 11) is -3.59. The SMILES string of the molecule is O=C(NC1CCCC1)C1CCN(S(=O)(=O)c2ccc(-c3noc(C4CC4)n3)cc2)CC1. The highest BCUT2D eigenvalue weighted by Gasteiger charge is 2.33. The normalized spacial score (nSPS) is 21.4. The fraction of sp³-hybridized carbons (Fsp3) is 0.591. The minimum absolute atomic E-state index is 0.0824. The van der Waals surface area contributed by atoms with Gasteiger partial charge < -0.3 is 9.84 Å². The zero-order chi connectivity index (χ0) is 21.4. The van der Waals surface area contributed by atoms with Crippen LogP contribution in [0.25, 0.3) is 11.4 Å². The first kappa shape index (κ1) is 20.6. The maximum atomic E-state index is 13.1. The highest BCUT2D eigenvalue weighted by molar-refractivity contribution is 7.89. The van der Waals surface area contributed by atoms with Crippen LogP contribution < -0.4 is 5.32 Å². The molecule has 1 aromatic heterocycles. The minimum Gasteiger partial charge on any atom is -0.353 e. The average molecular weight is 445 g/mol. The zero-order valence-electron chi connectivity index (χ0n) is 17.5. The van der Waals surface area contributed by atoms with E-state index in [1.54, 1.807) is 24.3 Å². The molecule has 31 heavy (non-hydrogen) atoms. The summed E-state index contributed by atoms with van der Waals surface area (Å²) in [5.74, 6) is 1.50. The fourth-order valence-corrected chi connectivity index (χ4v) is 5.99. The maximum Gasteiger partial charge on any atom is 0.243 e.